The van der Waals surface area contributed by atoms with Gasteiger partial charge in [0.25, 0.3) is 0 Å². The quantitative estimate of drug-likeness (QED) is 0.610. The maximum absolute atomic E-state index is 12.6. The molecule has 1 aliphatic heterocycles. The van der Waals surface area contributed by atoms with Gasteiger partial charge in [-0.15, -0.1) is 0 Å². The van der Waals surface area contributed by atoms with E-state index in [0.717, 1.165) is 37.6 Å². The van der Waals surface area contributed by atoms with Crippen LogP contribution in [0.5, 0.6) is 0 Å². The highest BCUT2D eigenvalue weighted by Crippen LogP contribution is 2.22. The van der Waals surface area contributed by atoms with E-state index in [-0.39, 0.29) is 11.9 Å². The molecule has 4 rings (SSSR count). The Morgan fingerprint density at radius 2 is 1.94 bits per heavy atom. The Bertz CT molecular complexity index is 980. The van der Waals surface area contributed by atoms with Crippen molar-refractivity contribution in [1.29, 1.82) is 0 Å². The summed E-state index contributed by atoms with van der Waals surface area (Å²) < 4.78 is 7.37. The number of carbonyl (C=O) groups excluding carboxylic acids is 1. The Labute approximate surface area is 183 Å². The summed E-state index contributed by atoms with van der Waals surface area (Å²) in [5, 5.41) is 7.57. The van der Waals surface area contributed by atoms with Crippen LogP contribution in [0.25, 0.3) is 5.69 Å². The van der Waals surface area contributed by atoms with Gasteiger partial charge in [0.15, 0.2) is 0 Å². The zero-order chi connectivity index (χ0) is 21.5. The number of aromatic nitrogens is 2. The van der Waals surface area contributed by atoms with Crippen molar-refractivity contribution in [3.8, 4) is 5.69 Å². The summed E-state index contributed by atoms with van der Waals surface area (Å²) in [4.78, 5) is 15.0. The van der Waals surface area contributed by atoms with Gasteiger partial charge in [0.05, 0.1) is 31.1 Å². The van der Waals surface area contributed by atoms with E-state index in [1.54, 1.807) is 0 Å². The zero-order valence-corrected chi connectivity index (χ0v) is 18.0. The molecule has 1 saturated heterocycles. The smallest absolute Gasteiger partial charge is 0.220 e. The number of rotatable bonds is 8. The van der Waals surface area contributed by atoms with Gasteiger partial charge in [-0.25, -0.2) is 4.68 Å². The van der Waals surface area contributed by atoms with Crippen molar-refractivity contribution < 1.29 is 9.53 Å². The topological polar surface area (TPSA) is 59.4 Å². The van der Waals surface area contributed by atoms with Crippen LogP contribution in [0.4, 0.5) is 0 Å². The third-order valence-electron chi connectivity index (χ3n) is 5.70. The van der Waals surface area contributed by atoms with Gasteiger partial charge in [-0.05, 0) is 36.6 Å². The molecule has 31 heavy (non-hydrogen) atoms. The van der Waals surface area contributed by atoms with Gasteiger partial charge in [-0.1, -0.05) is 48.0 Å². The predicted molar refractivity (Wildman–Crippen MR) is 121 cm³/mol. The molecule has 0 spiro atoms. The summed E-state index contributed by atoms with van der Waals surface area (Å²) in [5.41, 5.74) is 4.55. The predicted octanol–water partition coefficient (Wildman–Crippen LogP) is 3.30. The van der Waals surface area contributed by atoms with Gasteiger partial charge in [-0.2, -0.15) is 5.10 Å². The molecule has 0 radical (unpaired) electrons. The molecule has 2 aromatic carbocycles. The fourth-order valence-corrected chi connectivity index (χ4v) is 3.99. The average molecular weight is 419 g/mol. The van der Waals surface area contributed by atoms with E-state index >= 15 is 0 Å². The van der Waals surface area contributed by atoms with Gasteiger partial charge in [0.2, 0.25) is 5.91 Å². The van der Waals surface area contributed by atoms with Crippen LogP contribution in [-0.2, 0) is 16.0 Å². The number of hydrogen-bond donors (Lipinski definition) is 1. The van der Waals surface area contributed by atoms with Gasteiger partial charge < -0.3 is 10.1 Å². The number of ether oxygens (including phenoxy) is 1. The minimum atomic E-state index is 0.0679. The van der Waals surface area contributed by atoms with Gasteiger partial charge >= 0.3 is 0 Å². The zero-order valence-electron chi connectivity index (χ0n) is 18.0. The Hall–Kier alpha value is -2.96. The minimum absolute atomic E-state index is 0.0679. The number of hydrogen-bond acceptors (Lipinski definition) is 4. The summed E-state index contributed by atoms with van der Waals surface area (Å²) in [7, 11) is 0. The maximum atomic E-state index is 12.6. The lowest BCUT2D eigenvalue weighted by atomic mass is 10.0. The molecule has 1 fully saturated rings. The van der Waals surface area contributed by atoms with E-state index in [4.69, 9.17) is 4.74 Å². The van der Waals surface area contributed by atoms with Gasteiger partial charge in [-0.3, -0.25) is 9.69 Å². The number of nitrogens with zero attached hydrogens (tertiary/aromatic N) is 3. The van der Waals surface area contributed by atoms with Crippen LogP contribution in [0.1, 0.15) is 29.2 Å². The van der Waals surface area contributed by atoms with Gasteiger partial charge in [0.1, 0.15) is 0 Å². The first-order valence-corrected chi connectivity index (χ1v) is 10.9. The molecule has 2 heterocycles. The number of benzene rings is 2. The van der Waals surface area contributed by atoms with Crippen LogP contribution in [0, 0.1) is 6.92 Å². The first kappa shape index (κ1) is 21.3. The molecule has 162 valence electrons. The number of morpholine rings is 1. The molecule has 1 aliphatic rings. The van der Waals surface area contributed by atoms with Crippen molar-refractivity contribution in [2.45, 2.75) is 25.8 Å². The highest BCUT2D eigenvalue weighted by molar-refractivity contribution is 5.76. The second-order valence-corrected chi connectivity index (χ2v) is 8.01. The van der Waals surface area contributed by atoms with E-state index in [9.17, 15) is 4.79 Å². The second-order valence-electron chi connectivity index (χ2n) is 8.01. The van der Waals surface area contributed by atoms with E-state index in [0.29, 0.717) is 19.4 Å². The summed E-state index contributed by atoms with van der Waals surface area (Å²) in [6.45, 7) is 5.95. The molecule has 6 heteroatoms. The van der Waals surface area contributed by atoms with Crippen LogP contribution in [0.15, 0.2) is 67.0 Å². The van der Waals surface area contributed by atoms with Gasteiger partial charge in [0, 0.05) is 32.3 Å². The number of aryl methyl sites for hydroxylation is 2. The lowest BCUT2D eigenvalue weighted by molar-refractivity contribution is -0.121. The first-order chi connectivity index (χ1) is 15.2. The monoisotopic (exact) mass is 418 g/mol. The largest absolute Gasteiger partial charge is 0.379 e. The molecule has 1 amide bonds. The maximum Gasteiger partial charge on any atom is 0.220 e. The van der Waals surface area contributed by atoms with Crippen LogP contribution < -0.4 is 5.32 Å². The minimum Gasteiger partial charge on any atom is -0.379 e. The van der Waals surface area contributed by atoms with Crippen LogP contribution in [-0.4, -0.2) is 53.4 Å². The van der Waals surface area contributed by atoms with Crippen molar-refractivity contribution in [2.24, 2.45) is 0 Å². The number of amides is 1. The second kappa shape index (κ2) is 10.4. The standard InChI is InChI=1S/C25H30N4O2/c1-20-6-5-7-22(16-20)24(28-12-14-31-15-13-28)18-26-25(30)11-10-21-17-27-29(19-21)23-8-3-2-4-9-23/h2-9,16-17,19,24H,10-15,18H2,1H3,(H,26,30). The lowest BCUT2D eigenvalue weighted by Crippen LogP contribution is -2.43. The summed E-state index contributed by atoms with van der Waals surface area (Å²) in [6.07, 6.45) is 4.95. The van der Waals surface area contributed by atoms with Crippen molar-refractivity contribution in [1.82, 2.24) is 20.0 Å². The number of carbonyl (C=O) groups is 1. The number of para-hydroxylation sites is 1. The molecule has 6 nitrogen and oxygen atoms in total. The molecule has 3 aromatic rings. The van der Waals surface area contributed by atoms with Crippen LogP contribution >= 0.6 is 0 Å². The molecule has 0 aliphatic carbocycles. The van der Waals surface area contributed by atoms with E-state index in [2.05, 4.69) is 46.5 Å². The summed E-state index contributed by atoms with van der Waals surface area (Å²) >= 11 is 0. The average Bonchev–Trinajstić information content (AvgIpc) is 3.28. The Kier molecular flexibility index (Phi) is 7.12. The van der Waals surface area contributed by atoms with Crippen molar-refractivity contribution in [3.05, 3.63) is 83.7 Å². The van der Waals surface area contributed by atoms with E-state index in [1.807, 2.05) is 47.4 Å². The van der Waals surface area contributed by atoms with Crippen molar-refractivity contribution in [2.75, 3.05) is 32.8 Å². The first-order valence-electron chi connectivity index (χ1n) is 10.9. The molecule has 0 saturated carbocycles. The Morgan fingerprint density at radius 1 is 1.13 bits per heavy atom. The van der Waals surface area contributed by atoms with Crippen LogP contribution in [0.3, 0.4) is 0 Å². The lowest BCUT2D eigenvalue weighted by Gasteiger charge is -2.35. The Morgan fingerprint density at radius 3 is 2.71 bits per heavy atom. The number of nitrogens with one attached hydrogen (secondary N) is 1. The summed E-state index contributed by atoms with van der Waals surface area (Å²) in [6, 6.07) is 18.7. The third kappa shape index (κ3) is 5.81. The highest BCUT2D eigenvalue weighted by Gasteiger charge is 2.23. The molecule has 1 atom stereocenters. The summed E-state index contributed by atoms with van der Waals surface area (Å²) in [5.74, 6) is 0.0679. The van der Waals surface area contributed by atoms with Crippen molar-refractivity contribution >= 4 is 5.91 Å². The molecule has 1 N–H and O–H groups in total. The molecule has 1 aromatic heterocycles. The van der Waals surface area contributed by atoms with E-state index < -0.39 is 0 Å². The molecular weight excluding hydrogens is 388 g/mol. The molecule has 0 bridgehead atoms. The van der Waals surface area contributed by atoms with Crippen LogP contribution in [0.2, 0.25) is 0 Å². The molecule has 1 unspecified atom stereocenters. The fraction of sp³-hybridized carbons (Fsp3) is 0.360. The van der Waals surface area contributed by atoms with E-state index in [1.165, 1.54) is 11.1 Å². The normalized spacial score (nSPS) is 15.5. The third-order valence-corrected chi connectivity index (χ3v) is 5.70. The highest BCUT2D eigenvalue weighted by atomic mass is 16.5. The SMILES string of the molecule is Cc1cccc(C(CNC(=O)CCc2cnn(-c3ccccc3)c2)N2CCOCC2)c1. The Balaban J connectivity index is 1.33. The molecular formula is C25H30N4O2. The fourth-order valence-electron chi connectivity index (χ4n) is 3.99. The van der Waals surface area contributed by atoms with Crippen molar-refractivity contribution in [3.63, 3.8) is 0 Å².